The normalized spacial score (nSPS) is 30.8. The molecule has 3 aliphatic rings. The van der Waals surface area contributed by atoms with Gasteiger partial charge in [0.2, 0.25) is 0 Å². The maximum atomic E-state index is 10.4. The molecule has 1 aromatic rings. The maximum absolute atomic E-state index is 10.4. The van der Waals surface area contributed by atoms with E-state index >= 15 is 0 Å². The molecule has 0 unspecified atom stereocenters. The zero-order valence-electron chi connectivity index (χ0n) is 12.2. The van der Waals surface area contributed by atoms with Gasteiger partial charge in [-0.1, -0.05) is 0 Å². The second kappa shape index (κ2) is 5.51. The fourth-order valence-electron chi connectivity index (χ4n) is 3.36. The van der Waals surface area contributed by atoms with E-state index in [-0.39, 0.29) is 12.1 Å². The Morgan fingerprint density at radius 3 is 2.71 bits per heavy atom. The summed E-state index contributed by atoms with van der Waals surface area (Å²) in [4.78, 5) is 13.3. The predicted molar refractivity (Wildman–Crippen MR) is 78.4 cm³/mol. The number of morpholine rings is 1. The number of aliphatic hydroxyl groups excluding tert-OH is 1. The Morgan fingerprint density at radius 1 is 1.14 bits per heavy atom. The van der Waals surface area contributed by atoms with Crippen LogP contribution in [0, 0.1) is 0 Å². The molecule has 1 N–H and O–H groups in total. The molecule has 3 heterocycles. The minimum absolute atomic E-state index is 0.188. The van der Waals surface area contributed by atoms with Crippen molar-refractivity contribution in [1.82, 2.24) is 14.9 Å². The highest BCUT2D eigenvalue weighted by atomic mass is 16.5. The average Bonchev–Trinajstić information content (AvgIpc) is 3.31. The molecule has 21 heavy (non-hydrogen) atoms. The zero-order chi connectivity index (χ0) is 14.2. The Morgan fingerprint density at radius 2 is 1.95 bits per heavy atom. The Kier molecular flexibility index (Phi) is 3.52. The van der Waals surface area contributed by atoms with Gasteiger partial charge in [-0.3, -0.25) is 4.90 Å². The number of aliphatic hydroxyl groups is 1. The van der Waals surface area contributed by atoms with Gasteiger partial charge in [-0.25, -0.2) is 9.97 Å². The van der Waals surface area contributed by atoms with Crippen molar-refractivity contribution in [3.05, 3.63) is 18.1 Å². The first-order valence-corrected chi connectivity index (χ1v) is 7.88. The Labute approximate surface area is 124 Å². The zero-order valence-corrected chi connectivity index (χ0v) is 12.2. The lowest BCUT2D eigenvalue weighted by atomic mass is 10.2. The summed E-state index contributed by atoms with van der Waals surface area (Å²) in [5.41, 5.74) is 1.16. The first-order valence-electron chi connectivity index (χ1n) is 7.88. The van der Waals surface area contributed by atoms with Crippen molar-refractivity contribution in [3.63, 3.8) is 0 Å². The number of aromatic nitrogens is 2. The molecule has 1 aromatic heterocycles. The van der Waals surface area contributed by atoms with Crippen LogP contribution in [0.25, 0.3) is 0 Å². The van der Waals surface area contributed by atoms with E-state index in [1.807, 2.05) is 0 Å². The van der Waals surface area contributed by atoms with E-state index in [2.05, 4.69) is 25.8 Å². The van der Waals surface area contributed by atoms with E-state index in [1.54, 1.807) is 6.33 Å². The first-order chi connectivity index (χ1) is 10.3. The van der Waals surface area contributed by atoms with Crippen LogP contribution < -0.4 is 4.90 Å². The molecule has 1 saturated carbocycles. The summed E-state index contributed by atoms with van der Waals surface area (Å²) in [5.74, 6) is 1.59. The highest BCUT2D eigenvalue weighted by Crippen LogP contribution is 2.39. The van der Waals surface area contributed by atoms with Gasteiger partial charge in [0.15, 0.2) is 0 Å². The molecule has 1 aliphatic carbocycles. The highest BCUT2D eigenvalue weighted by molar-refractivity contribution is 5.42. The number of hydrogen-bond acceptors (Lipinski definition) is 6. The number of ether oxygens (including phenoxy) is 1. The molecule has 3 fully saturated rings. The second-order valence-electron chi connectivity index (χ2n) is 6.26. The molecule has 0 radical (unpaired) electrons. The van der Waals surface area contributed by atoms with Crippen molar-refractivity contribution in [1.29, 1.82) is 0 Å². The Bertz CT molecular complexity index is 502. The molecule has 2 saturated heterocycles. The van der Waals surface area contributed by atoms with Gasteiger partial charge < -0.3 is 14.7 Å². The molecular weight excluding hydrogens is 268 g/mol. The van der Waals surface area contributed by atoms with E-state index in [0.717, 1.165) is 44.4 Å². The Hall–Kier alpha value is -1.24. The van der Waals surface area contributed by atoms with Crippen molar-refractivity contribution in [3.8, 4) is 0 Å². The lowest BCUT2D eigenvalue weighted by Gasteiger charge is -2.33. The summed E-state index contributed by atoms with van der Waals surface area (Å²) >= 11 is 0. The fourth-order valence-corrected chi connectivity index (χ4v) is 3.36. The summed E-state index contributed by atoms with van der Waals surface area (Å²) in [6.07, 6.45) is 3.84. The summed E-state index contributed by atoms with van der Waals surface area (Å²) < 4.78 is 5.40. The number of anilines is 1. The molecule has 6 heteroatoms. The van der Waals surface area contributed by atoms with Crippen molar-refractivity contribution < 1.29 is 9.84 Å². The maximum Gasteiger partial charge on any atom is 0.132 e. The van der Waals surface area contributed by atoms with Crippen molar-refractivity contribution in [2.45, 2.75) is 30.9 Å². The van der Waals surface area contributed by atoms with Crippen molar-refractivity contribution in [2.75, 3.05) is 44.3 Å². The van der Waals surface area contributed by atoms with E-state index in [4.69, 9.17) is 4.74 Å². The molecule has 0 bridgehead atoms. The largest absolute Gasteiger partial charge is 0.390 e. The van der Waals surface area contributed by atoms with Gasteiger partial charge in [-0.2, -0.15) is 0 Å². The van der Waals surface area contributed by atoms with Gasteiger partial charge in [0.1, 0.15) is 12.1 Å². The summed E-state index contributed by atoms with van der Waals surface area (Å²) in [7, 11) is 0. The lowest BCUT2D eigenvalue weighted by molar-refractivity contribution is -0.00588. The van der Waals surface area contributed by atoms with Gasteiger partial charge in [0.25, 0.3) is 0 Å². The van der Waals surface area contributed by atoms with Gasteiger partial charge in [0, 0.05) is 43.9 Å². The third kappa shape index (κ3) is 2.75. The summed E-state index contributed by atoms with van der Waals surface area (Å²) in [5, 5.41) is 10.4. The van der Waals surface area contributed by atoms with Gasteiger partial charge in [-0.05, 0) is 12.8 Å². The van der Waals surface area contributed by atoms with Crippen LogP contribution in [-0.4, -0.2) is 71.5 Å². The van der Waals surface area contributed by atoms with Crippen LogP contribution in [0.1, 0.15) is 24.5 Å². The van der Waals surface area contributed by atoms with Crippen LogP contribution in [0.4, 0.5) is 5.82 Å². The number of hydrogen-bond donors (Lipinski definition) is 1. The van der Waals surface area contributed by atoms with E-state index in [0.29, 0.717) is 12.5 Å². The molecule has 114 valence electrons. The number of nitrogens with zero attached hydrogens (tertiary/aromatic N) is 4. The number of β-amino-alcohol motifs (C(OH)–C–C–N with tert-alkyl or cyclic N) is 1. The standard InChI is InChI=1S/C15H22N4O2/c20-14-9-19(8-13(14)18-3-5-21-6-4-18)15-7-12(11-1-2-11)16-10-17-15/h7,10-11,13-14,20H,1-6,8-9H2/t13-,14-/m0/s1. The number of rotatable bonds is 3. The molecule has 2 aliphatic heterocycles. The minimum atomic E-state index is -0.317. The quantitative estimate of drug-likeness (QED) is 0.860. The highest BCUT2D eigenvalue weighted by Gasteiger charge is 2.37. The van der Waals surface area contributed by atoms with Crippen LogP contribution in [-0.2, 0) is 4.74 Å². The fraction of sp³-hybridized carbons (Fsp3) is 0.733. The SMILES string of the molecule is O[C@H]1CN(c2cc(C3CC3)ncn2)C[C@@H]1N1CCOCC1. The van der Waals surface area contributed by atoms with Gasteiger partial charge in [0.05, 0.1) is 25.4 Å². The molecule has 0 spiro atoms. The lowest BCUT2D eigenvalue weighted by Crippen LogP contribution is -2.48. The van der Waals surface area contributed by atoms with Crippen LogP contribution in [0.2, 0.25) is 0 Å². The molecule has 4 rings (SSSR count). The van der Waals surface area contributed by atoms with Crippen LogP contribution in [0.15, 0.2) is 12.4 Å². The second-order valence-corrected chi connectivity index (χ2v) is 6.26. The molecular formula is C15H22N4O2. The van der Waals surface area contributed by atoms with E-state index in [9.17, 15) is 5.11 Å². The van der Waals surface area contributed by atoms with E-state index < -0.39 is 0 Å². The van der Waals surface area contributed by atoms with Gasteiger partial charge >= 0.3 is 0 Å². The Balaban J connectivity index is 1.47. The van der Waals surface area contributed by atoms with Crippen LogP contribution >= 0.6 is 0 Å². The van der Waals surface area contributed by atoms with Crippen molar-refractivity contribution >= 4 is 5.82 Å². The van der Waals surface area contributed by atoms with Crippen LogP contribution in [0.3, 0.4) is 0 Å². The third-order valence-electron chi connectivity index (χ3n) is 4.77. The monoisotopic (exact) mass is 290 g/mol. The van der Waals surface area contributed by atoms with Crippen LogP contribution in [0.5, 0.6) is 0 Å². The predicted octanol–water partition coefficient (Wildman–Crippen LogP) is 0.236. The summed E-state index contributed by atoms with van der Waals surface area (Å²) in [6, 6.07) is 2.29. The minimum Gasteiger partial charge on any atom is -0.390 e. The molecule has 6 nitrogen and oxygen atoms in total. The molecule has 0 aromatic carbocycles. The molecule has 0 amide bonds. The summed E-state index contributed by atoms with van der Waals surface area (Å²) in [6.45, 7) is 4.84. The van der Waals surface area contributed by atoms with Crippen molar-refractivity contribution in [2.24, 2.45) is 0 Å². The topological polar surface area (TPSA) is 61.7 Å². The smallest absolute Gasteiger partial charge is 0.132 e. The van der Waals surface area contributed by atoms with Gasteiger partial charge in [-0.15, -0.1) is 0 Å². The third-order valence-corrected chi connectivity index (χ3v) is 4.77. The molecule has 2 atom stereocenters. The first kappa shape index (κ1) is 13.4. The average molecular weight is 290 g/mol. The van der Waals surface area contributed by atoms with E-state index in [1.165, 1.54) is 12.8 Å².